The molecule has 1 amide bonds. The van der Waals surface area contributed by atoms with Crippen molar-refractivity contribution in [2.24, 2.45) is 5.92 Å². The van der Waals surface area contributed by atoms with Gasteiger partial charge < -0.3 is 15.2 Å². The van der Waals surface area contributed by atoms with Gasteiger partial charge >= 0.3 is 5.97 Å². The topological polar surface area (TPSA) is 75.6 Å². The van der Waals surface area contributed by atoms with Gasteiger partial charge in [-0.1, -0.05) is 13.8 Å². The summed E-state index contributed by atoms with van der Waals surface area (Å²) in [6, 6.07) is -0.958. The molecule has 0 rings (SSSR count). The number of amides is 1. The second kappa shape index (κ2) is 5.53. The summed E-state index contributed by atoms with van der Waals surface area (Å²) in [5, 5.41) is 11.1. The first-order valence-corrected chi connectivity index (χ1v) is 4.02. The molecule has 0 aliphatic carbocycles. The smallest absolute Gasteiger partial charge is 0.330 e. The molecule has 5 heteroatoms. The number of ether oxygens (including phenoxy) is 1. The van der Waals surface area contributed by atoms with Gasteiger partial charge in [-0.2, -0.15) is 0 Å². The van der Waals surface area contributed by atoms with Crippen LogP contribution in [0.25, 0.3) is 0 Å². The molecule has 2 N–H and O–H groups in total. The van der Waals surface area contributed by atoms with Crippen LogP contribution in [0, 0.1) is 5.92 Å². The number of nitrogens with one attached hydrogen (secondary N) is 1. The van der Waals surface area contributed by atoms with Crippen molar-refractivity contribution in [3.63, 3.8) is 0 Å². The Morgan fingerprint density at radius 3 is 2.31 bits per heavy atom. The molecule has 0 radical (unpaired) electrons. The molecule has 0 aromatic heterocycles. The van der Waals surface area contributed by atoms with Crippen LogP contribution >= 0.6 is 0 Å². The average molecular weight is 189 g/mol. The van der Waals surface area contributed by atoms with Gasteiger partial charge in [0.2, 0.25) is 5.91 Å². The molecular formula is C8H15NO4. The summed E-state index contributed by atoms with van der Waals surface area (Å²) in [7, 11) is 1.20. The molecule has 0 heterocycles. The Morgan fingerprint density at radius 1 is 1.46 bits per heavy atom. The van der Waals surface area contributed by atoms with Crippen molar-refractivity contribution in [2.45, 2.75) is 19.9 Å². The SMILES string of the molecule is COC(=O)[C@H](CO)NC(=O)C(C)C. The van der Waals surface area contributed by atoms with Crippen molar-refractivity contribution in [1.29, 1.82) is 0 Å². The first kappa shape index (κ1) is 11.9. The van der Waals surface area contributed by atoms with Gasteiger partial charge in [0.05, 0.1) is 13.7 Å². The number of rotatable bonds is 4. The number of carbonyl (C=O) groups excluding carboxylic acids is 2. The summed E-state index contributed by atoms with van der Waals surface area (Å²) in [6.07, 6.45) is 0. The quantitative estimate of drug-likeness (QED) is 0.573. The van der Waals surface area contributed by atoms with Crippen LogP contribution in [0.4, 0.5) is 0 Å². The van der Waals surface area contributed by atoms with Crippen molar-refractivity contribution in [3.05, 3.63) is 0 Å². The number of esters is 1. The zero-order valence-electron chi connectivity index (χ0n) is 8.03. The minimum absolute atomic E-state index is 0.223. The maximum Gasteiger partial charge on any atom is 0.330 e. The molecule has 0 unspecified atom stereocenters. The molecule has 0 spiro atoms. The van der Waals surface area contributed by atoms with Gasteiger partial charge in [0.25, 0.3) is 0 Å². The van der Waals surface area contributed by atoms with Gasteiger partial charge in [0.15, 0.2) is 6.04 Å². The molecule has 0 saturated carbocycles. The molecule has 76 valence electrons. The van der Waals surface area contributed by atoms with Crippen LogP contribution in [-0.2, 0) is 14.3 Å². The predicted octanol–water partition coefficient (Wildman–Crippen LogP) is -0.708. The Labute approximate surface area is 77.1 Å². The Morgan fingerprint density at radius 2 is 2.00 bits per heavy atom. The number of hydrogen-bond acceptors (Lipinski definition) is 4. The standard InChI is InChI=1S/C8H15NO4/c1-5(2)7(11)9-6(4-10)8(12)13-3/h5-6,10H,4H2,1-3H3,(H,9,11)/t6-/m0/s1. The Bertz CT molecular complexity index is 191. The largest absolute Gasteiger partial charge is 0.467 e. The van der Waals surface area contributed by atoms with E-state index in [1.165, 1.54) is 7.11 Å². The van der Waals surface area contributed by atoms with Gasteiger partial charge in [-0.25, -0.2) is 4.79 Å². The Balaban J connectivity index is 4.13. The molecule has 13 heavy (non-hydrogen) atoms. The summed E-state index contributed by atoms with van der Waals surface area (Å²) >= 11 is 0. The van der Waals surface area contributed by atoms with Crippen molar-refractivity contribution in [2.75, 3.05) is 13.7 Å². The van der Waals surface area contributed by atoms with E-state index in [0.717, 1.165) is 0 Å². The number of methoxy groups -OCH3 is 1. The van der Waals surface area contributed by atoms with Gasteiger partial charge in [-0.15, -0.1) is 0 Å². The molecule has 0 aromatic rings. The minimum atomic E-state index is -0.958. The van der Waals surface area contributed by atoms with Crippen LogP contribution in [0.15, 0.2) is 0 Å². The fourth-order valence-corrected chi connectivity index (χ4v) is 0.660. The van der Waals surface area contributed by atoms with Gasteiger partial charge in [-0.3, -0.25) is 4.79 Å². The summed E-state index contributed by atoms with van der Waals surface area (Å²) < 4.78 is 4.37. The number of aliphatic hydroxyl groups is 1. The number of hydrogen-bond donors (Lipinski definition) is 2. The molecular weight excluding hydrogens is 174 g/mol. The van der Waals surface area contributed by atoms with Crippen molar-refractivity contribution in [1.82, 2.24) is 5.32 Å². The average Bonchev–Trinajstić information content (AvgIpc) is 2.12. The lowest BCUT2D eigenvalue weighted by molar-refractivity contribution is -0.146. The predicted molar refractivity (Wildman–Crippen MR) is 45.9 cm³/mol. The molecule has 0 aliphatic rings. The molecule has 0 aliphatic heterocycles. The lowest BCUT2D eigenvalue weighted by Crippen LogP contribution is -2.45. The highest BCUT2D eigenvalue weighted by Gasteiger charge is 2.21. The van der Waals surface area contributed by atoms with E-state index in [9.17, 15) is 9.59 Å². The van der Waals surface area contributed by atoms with E-state index in [1.54, 1.807) is 13.8 Å². The van der Waals surface area contributed by atoms with Crippen molar-refractivity contribution < 1.29 is 19.4 Å². The molecule has 0 fully saturated rings. The van der Waals surface area contributed by atoms with Crippen molar-refractivity contribution in [3.8, 4) is 0 Å². The third-order valence-electron chi connectivity index (χ3n) is 1.51. The fourth-order valence-electron chi connectivity index (χ4n) is 0.660. The lowest BCUT2D eigenvalue weighted by atomic mass is 10.2. The highest BCUT2D eigenvalue weighted by molar-refractivity contribution is 5.85. The third kappa shape index (κ3) is 3.89. The van der Waals surface area contributed by atoms with Crippen LogP contribution < -0.4 is 5.32 Å². The van der Waals surface area contributed by atoms with Crippen LogP contribution in [-0.4, -0.2) is 36.7 Å². The molecule has 0 aromatic carbocycles. The number of aliphatic hydroxyl groups excluding tert-OH is 1. The molecule has 1 atom stereocenters. The van der Waals surface area contributed by atoms with Crippen LogP contribution in [0.3, 0.4) is 0 Å². The fraction of sp³-hybridized carbons (Fsp3) is 0.750. The van der Waals surface area contributed by atoms with Crippen LogP contribution in [0.1, 0.15) is 13.8 Å². The zero-order valence-corrected chi connectivity index (χ0v) is 8.03. The first-order valence-electron chi connectivity index (χ1n) is 4.02. The zero-order chi connectivity index (χ0) is 10.4. The second-order valence-corrected chi connectivity index (χ2v) is 2.92. The van der Waals surface area contributed by atoms with Crippen molar-refractivity contribution >= 4 is 11.9 Å². The molecule has 5 nitrogen and oxygen atoms in total. The van der Waals surface area contributed by atoms with E-state index in [0.29, 0.717) is 0 Å². The van der Waals surface area contributed by atoms with Gasteiger partial charge in [0.1, 0.15) is 0 Å². The van der Waals surface area contributed by atoms with Gasteiger partial charge in [-0.05, 0) is 0 Å². The van der Waals surface area contributed by atoms with E-state index in [4.69, 9.17) is 5.11 Å². The Hall–Kier alpha value is -1.10. The monoisotopic (exact) mass is 189 g/mol. The van der Waals surface area contributed by atoms with E-state index in [-0.39, 0.29) is 11.8 Å². The summed E-state index contributed by atoms with van der Waals surface area (Å²) in [5.41, 5.74) is 0. The lowest BCUT2D eigenvalue weighted by Gasteiger charge is -2.14. The Kier molecular flexibility index (Phi) is 5.06. The van der Waals surface area contributed by atoms with Crippen LogP contribution in [0.5, 0.6) is 0 Å². The third-order valence-corrected chi connectivity index (χ3v) is 1.51. The summed E-state index contributed by atoms with van der Waals surface area (Å²) in [6.45, 7) is 2.94. The maximum absolute atomic E-state index is 11.1. The second-order valence-electron chi connectivity index (χ2n) is 2.92. The number of carbonyl (C=O) groups is 2. The van der Waals surface area contributed by atoms with Gasteiger partial charge in [0, 0.05) is 5.92 Å². The minimum Gasteiger partial charge on any atom is -0.467 e. The van der Waals surface area contributed by atoms with E-state index < -0.39 is 18.6 Å². The summed E-state index contributed by atoms with van der Waals surface area (Å²) in [5.74, 6) is -1.15. The normalized spacial score (nSPS) is 12.4. The maximum atomic E-state index is 11.1. The van der Waals surface area contributed by atoms with E-state index in [2.05, 4.69) is 10.1 Å². The van der Waals surface area contributed by atoms with E-state index in [1.807, 2.05) is 0 Å². The highest BCUT2D eigenvalue weighted by Crippen LogP contribution is 1.94. The first-order chi connectivity index (χ1) is 6.02. The summed E-state index contributed by atoms with van der Waals surface area (Å²) in [4.78, 5) is 22.0. The van der Waals surface area contributed by atoms with Crippen LogP contribution in [0.2, 0.25) is 0 Å². The molecule has 0 saturated heterocycles. The molecule has 0 bridgehead atoms. The van der Waals surface area contributed by atoms with E-state index >= 15 is 0 Å². The highest BCUT2D eigenvalue weighted by atomic mass is 16.5.